The Morgan fingerprint density at radius 3 is 2.74 bits per heavy atom. The van der Waals surface area contributed by atoms with E-state index in [2.05, 4.69) is 9.97 Å². The van der Waals surface area contributed by atoms with Crippen LogP contribution in [0.15, 0.2) is 36.5 Å². The number of aromatic nitrogens is 2. The predicted octanol–water partition coefficient (Wildman–Crippen LogP) is 4.96. The standard InChI is InChI=1S/C23H24F2N4O2/c1-4-29(12(2)18-7-6-15(10-27-18)21(24)25)23(30)14-5-8-19-16(9-14)17-11-31-13(3)20(17)22(26)28-19/h5-10,12-13,21H,4,11H2,1-3H3,(H2,26,28)/t12-,13-/m1/s1. The van der Waals surface area contributed by atoms with Crippen molar-refractivity contribution in [2.75, 3.05) is 12.3 Å². The van der Waals surface area contributed by atoms with Crippen molar-refractivity contribution < 1.29 is 18.3 Å². The summed E-state index contributed by atoms with van der Waals surface area (Å²) in [6, 6.07) is 7.85. The van der Waals surface area contributed by atoms with Crippen LogP contribution in [0, 0.1) is 0 Å². The Bertz CT molecular complexity index is 1130. The molecule has 0 fully saturated rings. The molecule has 1 aromatic carbocycles. The van der Waals surface area contributed by atoms with E-state index in [0.717, 1.165) is 22.7 Å². The number of pyridine rings is 2. The van der Waals surface area contributed by atoms with Crippen LogP contribution in [0.3, 0.4) is 0 Å². The van der Waals surface area contributed by atoms with Crippen molar-refractivity contribution in [3.63, 3.8) is 0 Å². The predicted molar refractivity (Wildman–Crippen MR) is 114 cm³/mol. The zero-order chi connectivity index (χ0) is 22.3. The summed E-state index contributed by atoms with van der Waals surface area (Å²) < 4.78 is 31.4. The van der Waals surface area contributed by atoms with Gasteiger partial charge in [0, 0.05) is 34.8 Å². The van der Waals surface area contributed by atoms with E-state index in [0.29, 0.717) is 35.7 Å². The first kappa shape index (κ1) is 21.1. The Morgan fingerprint density at radius 2 is 2.10 bits per heavy atom. The average Bonchev–Trinajstić information content (AvgIpc) is 3.16. The number of alkyl halides is 2. The van der Waals surface area contributed by atoms with Gasteiger partial charge in [-0.3, -0.25) is 9.78 Å². The van der Waals surface area contributed by atoms with Crippen molar-refractivity contribution >= 4 is 22.6 Å². The van der Waals surface area contributed by atoms with E-state index in [1.807, 2.05) is 26.8 Å². The van der Waals surface area contributed by atoms with E-state index < -0.39 is 6.43 Å². The lowest BCUT2D eigenvalue weighted by Crippen LogP contribution is -2.33. The van der Waals surface area contributed by atoms with Crippen LogP contribution in [-0.2, 0) is 11.3 Å². The SMILES string of the molecule is CCN(C(=O)c1ccc2nc(N)c3c(c2c1)CO[C@@H]3C)[C@H](C)c1ccc(C(F)F)cn1. The zero-order valence-corrected chi connectivity index (χ0v) is 17.6. The summed E-state index contributed by atoms with van der Waals surface area (Å²) in [6.45, 7) is 6.50. The van der Waals surface area contributed by atoms with Gasteiger partial charge in [0.15, 0.2) is 0 Å². The third-order valence-corrected chi connectivity index (χ3v) is 5.85. The second-order valence-electron chi connectivity index (χ2n) is 7.66. The Labute approximate surface area is 179 Å². The molecule has 8 heteroatoms. The highest BCUT2D eigenvalue weighted by molar-refractivity contribution is 5.99. The maximum atomic E-state index is 13.3. The maximum Gasteiger partial charge on any atom is 0.265 e. The molecule has 0 aliphatic carbocycles. The summed E-state index contributed by atoms with van der Waals surface area (Å²) in [7, 11) is 0. The minimum Gasteiger partial charge on any atom is -0.383 e. The van der Waals surface area contributed by atoms with Crippen molar-refractivity contribution in [2.45, 2.75) is 45.9 Å². The average molecular weight is 426 g/mol. The number of nitrogens with two attached hydrogens (primary N) is 1. The maximum absolute atomic E-state index is 13.3. The summed E-state index contributed by atoms with van der Waals surface area (Å²) >= 11 is 0. The second-order valence-corrected chi connectivity index (χ2v) is 7.66. The Hall–Kier alpha value is -3.13. The molecule has 0 radical (unpaired) electrons. The molecule has 3 heterocycles. The molecule has 0 saturated carbocycles. The van der Waals surface area contributed by atoms with Crippen LogP contribution >= 0.6 is 0 Å². The van der Waals surface area contributed by atoms with Crippen LogP contribution in [0.4, 0.5) is 14.6 Å². The van der Waals surface area contributed by atoms with Gasteiger partial charge in [0.25, 0.3) is 12.3 Å². The molecular weight excluding hydrogens is 402 g/mol. The third-order valence-electron chi connectivity index (χ3n) is 5.85. The van der Waals surface area contributed by atoms with Crippen molar-refractivity contribution in [1.82, 2.24) is 14.9 Å². The van der Waals surface area contributed by atoms with E-state index in [1.54, 1.807) is 23.1 Å². The quantitative estimate of drug-likeness (QED) is 0.623. The minimum absolute atomic E-state index is 0.138. The number of benzene rings is 1. The molecule has 2 aromatic heterocycles. The molecule has 1 aliphatic rings. The molecule has 0 spiro atoms. The number of rotatable bonds is 5. The van der Waals surface area contributed by atoms with Crippen LogP contribution in [0.5, 0.6) is 0 Å². The first-order valence-electron chi connectivity index (χ1n) is 10.2. The molecular formula is C23H24F2N4O2. The van der Waals surface area contributed by atoms with Gasteiger partial charge in [-0.25, -0.2) is 13.8 Å². The van der Waals surface area contributed by atoms with E-state index >= 15 is 0 Å². The first-order valence-corrected chi connectivity index (χ1v) is 10.2. The van der Waals surface area contributed by atoms with Gasteiger partial charge >= 0.3 is 0 Å². The number of nitrogen functional groups attached to an aromatic ring is 1. The number of carbonyl (C=O) groups is 1. The fraction of sp³-hybridized carbons (Fsp3) is 0.348. The van der Waals surface area contributed by atoms with Gasteiger partial charge < -0.3 is 15.4 Å². The van der Waals surface area contributed by atoms with E-state index in [1.165, 1.54) is 6.07 Å². The molecule has 4 rings (SSSR count). The molecule has 2 atom stereocenters. The van der Waals surface area contributed by atoms with E-state index in [9.17, 15) is 13.6 Å². The van der Waals surface area contributed by atoms with Crippen LogP contribution in [-0.4, -0.2) is 27.3 Å². The molecule has 1 aliphatic heterocycles. The molecule has 6 nitrogen and oxygen atoms in total. The van der Waals surface area contributed by atoms with Crippen LogP contribution in [0.1, 0.15) is 72.1 Å². The van der Waals surface area contributed by atoms with Gasteiger partial charge in [-0.05, 0) is 56.7 Å². The third kappa shape index (κ3) is 3.72. The fourth-order valence-electron chi connectivity index (χ4n) is 4.11. The largest absolute Gasteiger partial charge is 0.383 e. The number of fused-ring (bicyclic) bond motifs is 3. The number of halogens is 2. The zero-order valence-electron chi connectivity index (χ0n) is 17.6. The van der Waals surface area contributed by atoms with Crippen molar-refractivity contribution in [3.8, 4) is 0 Å². The van der Waals surface area contributed by atoms with Gasteiger partial charge in [-0.1, -0.05) is 0 Å². The number of amides is 1. The molecule has 3 aromatic rings. The van der Waals surface area contributed by atoms with E-state index in [4.69, 9.17) is 10.5 Å². The van der Waals surface area contributed by atoms with Crippen molar-refractivity contribution in [2.24, 2.45) is 0 Å². The Kier molecular flexibility index (Phi) is 5.58. The molecule has 2 N–H and O–H groups in total. The molecule has 31 heavy (non-hydrogen) atoms. The topological polar surface area (TPSA) is 81.3 Å². The van der Waals surface area contributed by atoms with Crippen LogP contribution < -0.4 is 5.73 Å². The highest BCUT2D eigenvalue weighted by Gasteiger charge is 2.27. The molecule has 1 amide bonds. The fourth-order valence-corrected chi connectivity index (χ4v) is 4.11. The number of nitrogens with zero attached hydrogens (tertiary/aromatic N) is 3. The van der Waals surface area contributed by atoms with Gasteiger partial charge in [-0.15, -0.1) is 0 Å². The van der Waals surface area contributed by atoms with Gasteiger partial charge in [0.2, 0.25) is 0 Å². The highest BCUT2D eigenvalue weighted by Crippen LogP contribution is 2.38. The monoisotopic (exact) mass is 426 g/mol. The molecule has 162 valence electrons. The summed E-state index contributed by atoms with van der Waals surface area (Å²) in [6.07, 6.45) is -1.55. The molecule has 0 saturated heterocycles. The summed E-state index contributed by atoms with van der Waals surface area (Å²) in [5, 5.41) is 0.850. The number of hydrogen-bond acceptors (Lipinski definition) is 5. The van der Waals surface area contributed by atoms with Crippen LogP contribution in [0.2, 0.25) is 0 Å². The Morgan fingerprint density at radius 1 is 1.32 bits per heavy atom. The Balaban J connectivity index is 1.68. The number of anilines is 1. The van der Waals surface area contributed by atoms with E-state index in [-0.39, 0.29) is 23.6 Å². The highest BCUT2D eigenvalue weighted by atomic mass is 19.3. The first-order chi connectivity index (χ1) is 14.8. The number of carbonyl (C=O) groups excluding carboxylic acids is 1. The number of hydrogen-bond donors (Lipinski definition) is 1. The summed E-state index contributed by atoms with van der Waals surface area (Å²) in [4.78, 5) is 23.6. The normalized spacial score (nSPS) is 16.5. The lowest BCUT2D eigenvalue weighted by atomic mass is 9.99. The van der Waals surface area contributed by atoms with Crippen molar-refractivity contribution in [1.29, 1.82) is 0 Å². The molecule has 0 unspecified atom stereocenters. The van der Waals surface area contributed by atoms with Crippen LogP contribution in [0.25, 0.3) is 10.9 Å². The molecule has 0 bridgehead atoms. The summed E-state index contributed by atoms with van der Waals surface area (Å²) in [5.41, 5.74) is 9.59. The summed E-state index contributed by atoms with van der Waals surface area (Å²) in [5.74, 6) is 0.280. The van der Waals surface area contributed by atoms with Gasteiger partial charge in [-0.2, -0.15) is 0 Å². The number of ether oxygens (including phenoxy) is 1. The van der Waals surface area contributed by atoms with Gasteiger partial charge in [0.05, 0.1) is 30.0 Å². The lowest BCUT2D eigenvalue weighted by Gasteiger charge is -2.28. The lowest BCUT2D eigenvalue weighted by molar-refractivity contribution is 0.0698. The second kappa shape index (κ2) is 8.19. The van der Waals surface area contributed by atoms with Crippen molar-refractivity contribution in [3.05, 3.63) is 64.5 Å². The minimum atomic E-state index is -2.57. The van der Waals surface area contributed by atoms with Gasteiger partial charge in [0.1, 0.15) is 5.82 Å². The smallest absolute Gasteiger partial charge is 0.265 e.